The number of rotatable bonds is 2. The number of amides is 2. The Labute approximate surface area is 184 Å². The summed E-state index contributed by atoms with van der Waals surface area (Å²) in [5.41, 5.74) is 1.31. The van der Waals surface area contributed by atoms with Crippen molar-refractivity contribution in [3.05, 3.63) is 82.1 Å². The number of hydrogen-bond donors (Lipinski definition) is 2. The Bertz CT molecular complexity index is 1100. The lowest BCUT2D eigenvalue weighted by molar-refractivity contribution is -0.135. The number of nitrogens with one attached hydrogen (secondary N) is 2. The number of nitrogens with zero attached hydrogens (tertiary/aromatic N) is 1. The first-order chi connectivity index (χ1) is 14.5. The molecule has 0 saturated carbocycles. The maximum Gasteiger partial charge on any atom is 0.237 e. The standard InChI is InChI=1S/C23H19Cl2N3O2/c24-15-5-1-3-13(9-15)18-11-20(29)28-21(14-4-2-8-26-12-14)23(18)17-7-6-16(25)10-19(17)27-22(23)30/h1-8,10,12-13,18,21H,9,11H2,(H,27,30)(H,28,29)/t13?,18?,21-,23-/m0/s1. The Morgan fingerprint density at radius 2 is 2.00 bits per heavy atom. The summed E-state index contributed by atoms with van der Waals surface area (Å²) in [4.78, 5) is 30.8. The predicted molar refractivity (Wildman–Crippen MR) is 116 cm³/mol. The fourth-order valence-electron chi connectivity index (χ4n) is 5.21. The molecule has 2 amide bonds. The molecule has 1 spiro atoms. The molecule has 1 aromatic heterocycles. The number of aromatic nitrogens is 1. The number of allylic oxidation sites excluding steroid dienone is 4. The van der Waals surface area contributed by atoms with Gasteiger partial charge in [-0.15, -0.1) is 0 Å². The van der Waals surface area contributed by atoms with Crippen LogP contribution in [-0.2, 0) is 15.0 Å². The molecular weight excluding hydrogens is 421 g/mol. The van der Waals surface area contributed by atoms with Gasteiger partial charge in [-0.05, 0) is 53.7 Å². The van der Waals surface area contributed by atoms with Crippen LogP contribution in [-0.4, -0.2) is 16.8 Å². The summed E-state index contributed by atoms with van der Waals surface area (Å²) >= 11 is 12.6. The third kappa shape index (κ3) is 2.88. The highest BCUT2D eigenvalue weighted by Crippen LogP contribution is 2.57. The zero-order valence-electron chi connectivity index (χ0n) is 15.9. The fraction of sp³-hybridized carbons (Fsp3) is 0.261. The molecule has 0 bridgehead atoms. The van der Waals surface area contributed by atoms with E-state index in [1.54, 1.807) is 24.5 Å². The van der Waals surface area contributed by atoms with Gasteiger partial charge in [-0.3, -0.25) is 14.6 Å². The van der Waals surface area contributed by atoms with E-state index < -0.39 is 11.5 Å². The second-order valence-corrected chi connectivity index (χ2v) is 8.90. The molecule has 2 N–H and O–H groups in total. The van der Waals surface area contributed by atoms with E-state index in [1.165, 1.54) is 0 Å². The van der Waals surface area contributed by atoms with Crippen molar-refractivity contribution in [1.82, 2.24) is 10.3 Å². The molecule has 5 nitrogen and oxygen atoms in total. The van der Waals surface area contributed by atoms with Crippen LogP contribution in [0.25, 0.3) is 0 Å². The molecule has 30 heavy (non-hydrogen) atoms. The van der Waals surface area contributed by atoms with Crippen LogP contribution in [0.4, 0.5) is 5.69 Å². The summed E-state index contributed by atoms with van der Waals surface area (Å²) in [5, 5.41) is 7.38. The number of piperidine rings is 1. The van der Waals surface area contributed by atoms with Gasteiger partial charge in [0.1, 0.15) is 5.41 Å². The molecule has 3 aliphatic rings. The minimum atomic E-state index is -1.000. The van der Waals surface area contributed by atoms with Crippen LogP contribution in [0.5, 0.6) is 0 Å². The SMILES string of the molecule is O=C1CC(C2C=CC=C(Cl)C2)[C@]2(C(=O)Nc3cc(Cl)ccc32)[C@H](c2cccnc2)N1. The molecule has 1 aliphatic carbocycles. The van der Waals surface area contributed by atoms with Gasteiger partial charge in [-0.25, -0.2) is 0 Å². The van der Waals surface area contributed by atoms with E-state index in [9.17, 15) is 9.59 Å². The molecule has 1 aromatic carbocycles. The van der Waals surface area contributed by atoms with Crippen LogP contribution in [0.3, 0.4) is 0 Å². The summed E-state index contributed by atoms with van der Waals surface area (Å²) in [7, 11) is 0. The molecule has 2 aliphatic heterocycles. The first-order valence-corrected chi connectivity index (χ1v) is 10.6. The second kappa shape index (κ2) is 7.25. The molecule has 3 heterocycles. The Hall–Kier alpha value is -2.63. The number of halogens is 2. The number of benzene rings is 1. The fourth-order valence-corrected chi connectivity index (χ4v) is 5.64. The second-order valence-electron chi connectivity index (χ2n) is 7.98. The Balaban J connectivity index is 1.75. The highest BCUT2D eigenvalue weighted by Gasteiger charge is 2.62. The lowest BCUT2D eigenvalue weighted by Crippen LogP contribution is -2.59. The molecule has 1 fully saturated rings. The van der Waals surface area contributed by atoms with Gasteiger partial charge in [0.05, 0.1) is 6.04 Å². The van der Waals surface area contributed by atoms with Gasteiger partial charge in [-0.1, -0.05) is 47.5 Å². The number of pyridine rings is 1. The third-order valence-electron chi connectivity index (χ3n) is 6.40. The summed E-state index contributed by atoms with van der Waals surface area (Å²) in [5.74, 6) is -0.566. The Morgan fingerprint density at radius 3 is 2.77 bits per heavy atom. The Morgan fingerprint density at radius 1 is 1.13 bits per heavy atom. The minimum Gasteiger partial charge on any atom is -0.348 e. The average Bonchev–Trinajstić information content (AvgIpc) is 3.01. The largest absolute Gasteiger partial charge is 0.348 e. The molecule has 152 valence electrons. The van der Waals surface area contributed by atoms with Gasteiger partial charge in [0, 0.05) is 34.6 Å². The molecule has 2 aromatic rings. The van der Waals surface area contributed by atoms with Gasteiger partial charge in [0.2, 0.25) is 11.8 Å². The molecule has 7 heteroatoms. The van der Waals surface area contributed by atoms with Gasteiger partial charge in [0.25, 0.3) is 0 Å². The van der Waals surface area contributed by atoms with Crippen molar-refractivity contribution >= 4 is 40.7 Å². The smallest absolute Gasteiger partial charge is 0.237 e. The van der Waals surface area contributed by atoms with Crippen LogP contribution < -0.4 is 10.6 Å². The van der Waals surface area contributed by atoms with Crippen LogP contribution in [0.15, 0.2) is 66.0 Å². The summed E-state index contributed by atoms with van der Waals surface area (Å²) < 4.78 is 0. The van der Waals surface area contributed by atoms with Crippen LogP contribution in [0.1, 0.15) is 30.0 Å². The highest BCUT2D eigenvalue weighted by molar-refractivity contribution is 6.31. The summed E-state index contributed by atoms with van der Waals surface area (Å²) in [6.07, 6.45) is 10.0. The Kier molecular flexibility index (Phi) is 4.68. The van der Waals surface area contributed by atoms with Gasteiger partial charge in [-0.2, -0.15) is 0 Å². The van der Waals surface area contributed by atoms with E-state index in [2.05, 4.69) is 21.7 Å². The van der Waals surface area contributed by atoms with Gasteiger partial charge < -0.3 is 10.6 Å². The lowest BCUT2D eigenvalue weighted by Gasteiger charge is -2.48. The van der Waals surface area contributed by atoms with Gasteiger partial charge in [0.15, 0.2) is 0 Å². The molecule has 5 rings (SSSR count). The molecule has 2 unspecified atom stereocenters. The molecule has 0 radical (unpaired) electrons. The number of fused-ring (bicyclic) bond motifs is 2. The maximum absolute atomic E-state index is 13.7. The maximum atomic E-state index is 13.7. The number of anilines is 1. The summed E-state index contributed by atoms with van der Waals surface area (Å²) in [6.45, 7) is 0. The minimum absolute atomic E-state index is 0.0555. The highest BCUT2D eigenvalue weighted by atomic mass is 35.5. The summed E-state index contributed by atoms with van der Waals surface area (Å²) in [6, 6.07) is 8.60. The number of carbonyl (C=O) groups excluding carboxylic acids is 2. The molecular formula is C23H19Cl2N3O2. The van der Waals surface area contributed by atoms with Crippen molar-refractivity contribution in [3.8, 4) is 0 Å². The van der Waals surface area contributed by atoms with Crippen molar-refractivity contribution in [2.24, 2.45) is 11.8 Å². The van der Waals surface area contributed by atoms with E-state index in [1.807, 2.05) is 30.4 Å². The van der Waals surface area contributed by atoms with Crippen LogP contribution in [0, 0.1) is 11.8 Å². The topological polar surface area (TPSA) is 71.1 Å². The normalized spacial score (nSPS) is 29.9. The van der Waals surface area contributed by atoms with Gasteiger partial charge >= 0.3 is 0 Å². The van der Waals surface area contributed by atoms with Crippen molar-refractivity contribution < 1.29 is 9.59 Å². The van der Waals surface area contributed by atoms with E-state index in [0.29, 0.717) is 17.1 Å². The lowest BCUT2D eigenvalue weighted by atomic mass is 9.57. The molecule has 1 saturated heterocycles. The van der Waals surface area contributed by atoms with Crippen molar-refractivity contribution in [2.75, 3.05) is 5.32 Å². The van der Waals surface area contributed by atoms with Crippen molar-refractivity contribution in [3.63, 3.8) is 0 Å². The van der Waals surface area contributed by atoms with E-state index in [-0.39, 0.29) is 30.1 Å². The third-order valence-corrected chi connectivity index (χ3v) is 6.92. The zero-order valence-corrected chi connectivity index (χ0v) is 17.5. The van der Waals surface area contributed by atoms with Crippen LogP contribution in [0.2, 0.25) is 5.02 Å². The first-order valence-electron chi connectivity index (χ1n) is 9.83. The monoisotopic (exact) mass is 439 g/mol. The quantitative estimate of drug-likeness (QED) is 0.723. The van der Waals surface area contributed by atoms with E-state index in [4.69, 9.17) is 23.2 Å². The molecule has 4 atom stereocenters. The van der Waals surface area contributed by atoms with Crippen LogP contribution >= 0.6 is 23.2 Å². The van der Waals surface area contributed by atoms with Crippen molar-refractivity contribution in [2.45, 2.75) is 24.3 Å². The van der Waals surface area contributed by atoms with Crippen molar-refractivity contribution in [1.29, 1.82) is 0 Å². The predicted octanol–water partition coefficient (Wildman–Crippen LogP) is 4.50. The van der Waals surface area contributed by atoms with E-state index in [0.717, 1.165) is 16.2 Å². The first kappa shape index (κ1) is 19.3. The zero-order chi connectivity index (χ0) is 20.9. The number of hydrogen-bond acceptors (Lipinski definition) is 3. The average molecular weight is 440 g/mol. The van der Waals surface area contributed by atoms with E-state index >= 15 is 0 Å². The number of carbonyl (C=O) groups is 2.